The second kappa shape index (κ2) is 7.44. The first-order valence-corrected chi connectivity index (χ1v) is 8.08. The minimum absolute atomic E-state index is 0.0756. The molecule has 0 radical (unpaired) electrons. The average Bonchev–Trinajstić information content (AvgIpc) is 2.67. The van der Waals surface area contributed by atoms with Crippen LogP contribution in [-0.4, -0.2) is 35.0 Å². The molecule has 0 unspecified atom stereocenters. The van der Waals surface area contributed by atoms with Gasteiger partial charge in [-0.15, -0.1) is 0 Å². The molecule has 0 atom stereocenters. The van der Waals surface area contributed by atoms with Gasteiger partial charge in [0, 0.05) is 5.56 Å². The van der Waals surface area contributed by atoms with Crippen LogP contribution in [-0.2, 0) is 5.92 Å². The van der Waals surface area contributed by atoms with Crippen LogP contribution < -0.4 is 0 Å². The average molecular weight is 488 g/mol. The summed E-state index contributed by atoms with van der Waals surface area (Å²) in [7, 11) is 0. The van der Waals surface area contributed by atoms with Crippen LogP contribution in [0.3, 0.4) is 0 Å². The van der Waals surface area contributed by atoms with E-state index in [9.17, 15) is 62.2 Å². The van der Waals surface area contributed by atoms with Gasteiger partial charge in [0.25, 0.3) is 0 Å². The first-order valence-electron chi connectivity index (χ1n) is 8.08. The van der Waals surface area contributed by atoms with Gasteiger partial charge < -0.3 is 5.11 Å². The maximum absolute atomic E-state index is 14.5. The zero-order valence-corrected chi connectivity index (χ0v) is 15.0. The molecular weight excluding hydrogens is 479 g/mol. The Morgan fingerprint density at radius 2 is 0.938 bits per heavy atom. The molecule has 0 bridgehead atoms. The highest BCUT2D eigenvalue weighted by atomic mass is 19.4. The second-order valence-electron chi connectivity index (χ2n) is 6.46. The summed E-state index contributed by atoms with van der Waals surface area (Å²) < 4.78 is 174. The Morgan fingerprint density at radius 3 is 1.41 bits per heavy atom. The SMILES string of the molecule is Oc1ccc(-c2ccccc2C(F)(F)C(F)(F)C(F)(F)C(F)(F)C(F)(F)C(F)(F)F)cc1. The van der Waals surface area contributed by atoms with E-state index in [1.54, 1.807) is 0 Å². The molecule has 0 spiro atoms. The highest BCUT2D eigenvalue weighted by molar-refractivity contribution is 5.69. The lowest BCUT2D eigenvalue weighted by Gasteiger charge is -2.40. The number of phenols is 1. The highest BCUT2D eigenvalue weighted by Gasteiger charge is 2.90. The van der Waals surface area contributed by atoms with Gasteiger partial charge in [0.05, 0.1) is 0 Å². The minimum atomic E-state index is -7.96. The van der Waals surface area contributed by atoms with Crippen molar-refractivity contribution in [2.75, 3.05) is 0 Å². The van der Waals surface area contributed by atoms with Crippen molar-refractivity contribution in [2.45, 2.75) is 35.8 Å². The molecule has 0 saturated heterocycles. The van der Waals surface area contributed by atoms with E-state index in [4.69, 9.17) is 0 Å². The van der Waals surface area contributed by atoms with Gasteiger partial charge in [0.15, 0.2) is 0 Å². The molecule has 178 valence electrons. The Kier molecular flexibility index (Phi) is 5.95. The fraction of sp³-hybridized carbons (Fsp3) is 0.333. The van der Waals surface area contributed by atoms with Crippen molar-refractivity contribution in [1.29, 1.82) is 0 Å². The van der Waals surface area contributed by atoms with E-state index in [0.717, 1.165) is 30.3 Å². The number of alkyl halides is 13. The van der Waals surface area contributed by atoms with E-state index in [0.29, 0.717) is 12.1 Å². The topological polar surface area (TPSA) is 20.2 Å². The molecule has 0 heterocycles. The van der Waals surface area contributed by atoms with Gasteiger partial charge in [-0.3, -0.25) is 0 Å². The summed E-state index contributed by atoms with van der Waals surface area (Å²) in [5.74, 6) is -37.8. The summed E-state index contributed by atoms with van der Waals surface area (Å²) in [6.07, 6.45) is -7.46. The maximum Gasteiger partial charge on any atom is 0.460 e. The normalized spacial score (nSPS) is 14.5. The zero-order chi connectivity index (χ0) is 25.0. The summed E-state index contributed by atoms with van der Waals surface area (Å²) in [6, 6.07) is 5.64. The Morgan fingerprint density at radius 1 is 0.500 bits per heavy atom. The van der Waals surface area contributed by atoms with E-state index in [1.165, 1.54) is 0 Å². The van der Waals surface area contributed by atoms with Crippen molar-refractivity contribution in [1.82, 2.24) is 0 Å². The third-order valence-electron chi connectivity index (χ3n) is 4.38. The van der Waals surface area contributed by atoms with Gasteiger partial charge in [-0.25, -0.2) is 0 Å². The predicted molar refractivity (Wildman–Crippen MR) is 83.3 cm³/mol. The van der Waals surface area contributed by atoms with Crippen LogP contribution in [0.5, 0.6) is 5.75 Å². The van der Waals surface area contributed by atoms with E-state index in [1.807, 2.05) is 0 Å². The van der Waals surface area contributed by atoms with Gasteiger partial charge >= 0.3 is 35.8 Å². The first kappa shape index (κ1) is 25.6. The van der Waals surface area contributed by atoms with Crippen molar-refractivity contribution in [3.05, 3.63) is 54.1 Å². The van der Waals surface area contributed by atoms with E-state index >= 15 is 0 Å². The molecule has 0 aromatic heterocycles. The third-order valence-corrected chi connectivity index (χ3v) is 4.38. The molecule has 0 aliphatic carbocycles. The first-order chi connectivity index (χ1) is 14.2. The predicted octanol–water partition coefficient (Wildman–Crippen LogP) is 7.25. The summed E-state index contributed by atoms with van der Waals surface area (Å²) in [5, 5.41) is 9.19. The fourth-order valence-electron chi connectivity index (χ4n) is 2.59. The molecule has 1 N–H and O–H groups in total. The number of phenolic OH excluding ortho intramolecular Hbond substituents is 1. The van der Waals surface area contributed by atoms with Crippen LogP contribution in [0.15, 0.2) is 48.5 Å². The highest BCUT2D eigenvalue weighted by Crippen LogP contribution is 2.62. The van der Waals surface area contributed by atoms with Crippen molar-refractivity contribution < 1.29 is 62.2 Å². The standard InChI is InChI=1S/C18H9F13O/c19-13(20,12-4-2-1-3-11(12)9-5-7-10(32)8-6-9)14(21,22)15(23,24)16(25,26)17(27,28)18(29,30)31/h1-8,32H. The number of hydrogen-bond donors (Lipinski definition) is 1. The zero-order valence-electron chi connectivity index (χ0n) is 15.0. The van der Waals surface area contributed by atoms with Crippen LogP contribution in [0.25, 0.3) is 11.1 Å². The monoisotopic (exact) mass is 488 g/mol. The number of benzene rings is 2. The molecule has 1 nitrogen and oxygen atoms in total. The van der Waals surface area contributed by atoms with Crippen molar-refractivity contribution in [3.8, 4) is 16.9 Å². The summed E-state index contributed by atoms with van der Waals surface area (Å²) in [6.45, 7) is 0. The lowest BCUT2D eigenvalue weighted by atomic mass is 9.87. The number of hydrogen-bond acceptors (Lipinski definition) is 1. The van der Waals surface area contributed by atoms with Crippen molar-refractivity contribution in [2.24, 2.45) is 0 Å². The van der Waals surface area contributed by atoms with Gasteiger partial charge in [0.1, 0.15) is 5.75 Å². The Bertz CT molecular complexity index is 962. The molecule has 0 aliphatic rings. The van der Waals surface area contributed by atoms with Gasteiger partial charge in [-0.05, 0) is 23.3 Å². The molecule has 0 saturated carbocycles. The molecule has 14 heteroatoms. The van der Waals surface area contributed by atoms with Crippen LogP contribution in [0.2, 0.25) is 0 Å². The van der Waals surface area contributed by atoms with Crippen LogP contribution in [0.4, 0.5) is 57.1 Å². The van der Waals surface area contributed by atoms with Crippen molar-refractivity contribution in [3.63, 3.8) is 0 Å². The number of halogens is 13. The number of rotatable bonds is 6. The molecular formula is C18H9F13O. The van der Waals surface area contributed by atoms with Gasteiger partial charge in [0.2, 0.25) is 0 Å². The summed E-state index contributed by atoms with van der Waals surface area (Å²) in [4.78, 5) is 0. The Labute approximate surface area is 170 Å². The fourth-order valence-corrected chi connectivity index (χ4v) is 2.59. The number of aromatic hydroxyl groups is 1. The Hall–Kier alpha value is -2.67. The van der Waals surface area contributed by atoms with E-state index < -0.39 is 58.2 Å². The van der Waals surface area contributed by atoms with E-state index in [2.05, 4.69) is 0 Å². The largest absolute Gasteiger partial charge is 0.508 e. The second-order valence-corrected chi connectivity index (χ2v) is 6.46. The smallest absolute Gasteiger partial charge is 0.460 e. The quantitative estimate of drug-likeness (QED) is 0.425. The van der Waals surface area contributed by atoms with Gasteiger partial charge in [-0.1, -0.05) is 36.4 Å². The minimum Gasteiger partial charge on any atom is -0.508 e. The maximum atomic E-state index is 14.5. The van der Waals surface area contributed by atoms with E-state index in [-0.39, 0.29) is 6.07 Å². The van der Waals surface area contributed by atoms with Gasteiger partial charge in [-0.2, -0.15) is 57.1 Å². The van der Waals surface area contributed by atoms with Crippen molar-refractivity contribution >= 4 is 0 Å². The lowest BCUT2D eigenvalue weighted by Crippen LogP contribution is -2.69. The lowest BCUT2D eigenvalue weighted by molar-refractivity contribution is -0.441. The molecule has 0 amide bonds. The van der Waals surface area contributed by atoms with Crippen LogP contribution in [0.1, 0.15) is 5.56 Å². The third kappa shape index (κ3) is 3.52. The summed E-state index contributed by atoms with van der Waals surface area (Å²) >= 11 is 0. The van der Waals surface area contributed by atoms with Crippen LogP contribution in [0, 0.1) is 0 Å². The van der Waals surface area contributed by atoms with Crippen LogP contribution >= 0.6 is 0 Å². The Balaban J connectivity index is 2.70. The molecule has 0 aliphatic heterocycles. The molecule has 2 aromatic rings. The molecule has 0 fully saturated rings. The molecule has 32 heavy (non-hydrogen) atoms. The summed E-state index contributed by atoms with van der Waals surface area (Å²) in [5.41, 5.74) is -3.47. The molecule has 2 rings (SSSR count). The molecule has 2 aromatic carbocycles.